The standard InChI is InChI=1S/C18H24N6O3S/c1-9-13(11-5-6-20-15(22-11)18(2,3)4)28-16(21-9)23-17(27)24-8-10(25)7-12(24)14(19)26/h5-6,10,12,25H,7-8H2,1-4H3,(H2,19,26)(H,21,23,27)/t10-,12+/m1/s1. The molecule has 1 aliphatic rings. The summed E-state index contributed by atoms with van der Waals surface area (Å²) in [5, 5.41) is 12.9. The summed E-state index contributed by atoms with van der Waals surface area (Å²) < 4.78 is 0. The molecular formula is C18H24N6O3S. The van der Waals surface area contributed by atoms with Gasteiger partial charge in [-0.1, -0.05) is 32.1 Å². The molecule has 28 heavy (non-hydrogen) atoms. The zero-order valence-corrected chi connectivity index (χ0v) is 17.1. The second kappa shape index (κ2) is 7.44. The van der Waals surface area contributed by atoms with Crippen LogP contribution in [0.15, 0.2) is 12.3 Å². The number of nitrogens with one attached hydrogen (secondary N) is 1. The lowest BCUT2D eigenvalue weighted by molar-refractivity contribution is -0.121. The molecule has 2 atom stereocenters. The van der Waals surface area contributed by atoms with Crippen LogP contribution in [0.5, 0.6) is 0 Å². The van der Waals surface area contributed by atoms with E-state index < -0.39 is 24.1 Å². The van der Waals surface area contributed by atoms with E-state index in [0.717, 1.165) is 22.1 Å². The monoisotopic (exact) mass is 404 g/mol. The van der Waals surface area contributed by atoms with E-state index in [1.54, 1.807) is 12.3 Å². The highest BCUT2D eigenvalue weighted by Crippen LogP contribution is 2.33. The lowest BCUT2D eigenvalue weighted by Gasteiger charge is -2.21. The number of aryl methyl sites for hydroxylation is 1. The minimum Gasteiger partial charge on any atom is -0.391 e. The third kappa shape index (κ3) is 4.12. The van der Waals surface area contributed by atoms with Crippen LogP contribution in [0.3, 0.4) is 0 Å². The second-order valence-corrected chi connectivity index (χ2v) is 8.84. The number of carbonyl (C=O) groups is 2. The van der Waals surface area contributed by atoms with E-state index in [9.17, 15) is 14.7 Å². The number of aromatic nitrogens is 3. The first-order valence-electron chi connectivity index (χ1n) is 8.92. The Morgan fingerprint density at radius 3 is 2.71 bits per heavy atom. The number of rotatable bonds is 3. The van der Waals surface area contributed by atoms with Crippen LogP contribution in [-0.2, 0) is 10.2 Å². The third-order valence-electron chi connectivity index (χ3n) is 4.44. The Balaban J connectivity index is 1.81. The Morgan fingerprint density at radius 2 is 2.07 bits per heavy atom. The first-order valence-corrected chi connectivity index (χ1v) is 9.74. The minimum atomic E-state index is -0.827. The molecule has 3 rings (SSSR count). The van der Waals surface area contributed by atoms with E-state index in [2.05, 4.69) is 20.3 Å². The van der Waals surface area contributed by atoms with Gasteiger partial charge in [-0.3, -0.25) is 10.1 Å². The molecule has 0 bridgehead atoms. The minimum absolute atomic E-state index is 0.0531. The first-order chi connectivity index (χ1) is 13.1. The molecule has 0 unspecified atom stereocenters. The van der Waals surface area contributed by atoms with Gasteiger partial charge in [0, 0.05) is 24.6 Å². The molecule has 2 aromatic heterocycles. The molecule has 150 valence electrons. The maximum Gasteiger partial charge on any atom is 0.324 e. The van der Waals surface area contributed by atoms with Gasteiger partial charge in [0.2, 0.25) is 5.91 Å². The number of nitrogens with two attached hydrogens (primary N) is 1. The summed E-state index contributed by atoms with van der Waals surface area (Å²) in [6.45, 7) is 8.01. The molecule has 1 aliphatic heterocycles. The van der Waals surface area contributed by atoms with Crippen molar-refractivity contribution in [1.29, 1.82) is 0 Å². The van der Waals surface area contributed by atoms with Gasteiger partial charge in [0.05, 0.1) is 22.4 Å². The van der Waals surface area contributed by atoms with Crippen molar-refractivity contribution >= 4 is 28.4 Å². The number of nitrogens with zero attached hydrogens (tertiary/aromatic N) is 4. The molecular weight excluding hydrogens is 380 g/mol. The van der Waals surface area contributed by atoms with Gasteiger partial charge in [0.1, 0.15) is 11.9 Å². The topological polar surface area (TPSA) is 134 Å². The Morgan fingerprint density at radius 1 is 1.36 bits per heavy atom. The van der Waals surface area contributed by atoms with Gasteiger partial charge in [-0.05, 0) is 13.0 Å². The number of amides is 3. The van der Waals surface area contributed by atoms with Gasteiger partial charge in [-0.15, -0.1) is 0 Å². The fraction of sp³-hybridized carbons (Fsp3) is 0.500. The summed E-state index contributed by atoms with van der Waals surface area (Å²) in [6, 6.07) is 0.465. The van der Waals surface area contributed by atoms with Crippen molar-refractivity contribution < 1.29 is 14.7 Å². The van der Waals surface area contributed by atoms with Crippen molar-refractivity contribution in [3.8, 4) is 10.6 Å². The van der Waals surface area contributed by atoms with E-state index in [0.29, 0.717) is 5.13 Å². The van der Waals surface area contributed by atoms with Gasteiger partial charge >= 0.3 is 6.03 Å². The maximum atomic E-state index is 12.6. The van der Waals surface area contributed by atoms with Gasteiger partial charge in [0.15, 0.2) is 5.13 Å². The fourth-order valence-corrected chi connectivity index (χ4v) is 3.93. The molecule has 1 saturated heterocycles. The molecule has 10 heteroatoms. The smallest absolute Gasteiger partial charge is 0.324 e. The zero-order valence-electron chi connectivity index (χ0n) is 16.3. The van der Waals surface area contributed by atoms with Crippen LogP contribution < -0.4 is 11.1 Å². The molecule has 0 radical (unpaired) electrons. The number of carbonyl (C=O) groups excluding carboxylic acids is 2. The number of aliphatic hydroxyl groups excluding tert-OH is 1. The fourth-order valence-electron chi connectivity index (χ4n) is 3.01. The summed E-state index contributed by atoms with van der Waals surface area (Å²) in [4.78, 5) is 39.5. The average molecular weight is 404 g/mol. The summed E-state index contributed by atoms with van der Waals surface area (Å²) in [5.74, 6) is 0.0807. The number of hydrogen-bond donors (Lipinski definition) is 3. The number of likely N-dealkylation sites (tertiary alicyclic amines) is 1. The van der Waals surface area contributed by atoms with Gasteiger partial charge in [-0.2, -0.15) is 0 Å². The zero-order chi connectivity index (χ0) is 20.6. The molecule has 2 aromatic rings. The molecule has 0 aromatic carbocycles. The number of anilines is 1. The third-order valence-corrected chi connectivity index (χ3v) is 5.53. The predicted molar refractivity (Wildman–Crippen MR) is 106 cm³/mol. The highest BCUT2D eigenvalue weighted by molar-refractivity contribution is 7.19. The van der Waals surface area contributed by atoms with E-state index in [1.165, 1.54) is 16.2 Å². The number of primary amides is 1. The molecule has 3 heterocycles. The summed E-state index contributed by atoms with van der Waals surface area (Å²) >= 11 is 1.29. The summed E-state index contributed by atoms with van der Waals surface area (Å²) in [6.07, 6.45) is 1.08. The Bertz CT molecular complexity index is 907. The van der Waals surface area contributed by atoms with E-state index in [-0.39, 0.29) is 18.4 Å². The van der Waals surface area contributed by atoms with Crippen molar-refractivity contribution in [2.24, 2.45) is 5.73 Å². The Labute approximate surface area is 167 Å². The maximum absolute atomic E-state index is 12.6. The summed E-state index contributed by atoms with van der Waals surface area (Å²) in [7, 11) is 0. The van der Waals surface area contributed by atoms with Crippen LogP contribution in [0.4, 0.5) is 9.93 Å². The van der Waals surface area contributed by atoms with Crippen molar-refractivity contribution in [2.75, 3.05) is 11.9 Å². The summed E-state index contributed by atoms with van der Waals surface area (Å²) in [5.41, 5.74) is 6.61. The van der Waals surface area contributed by atoms with Gasteiger partial charge in [0.25, 0.3) is 0 Å². The molecule has 0 aliphatic carbocycles. The number of thiazole rings is 1. The quantitative estimate of drug-likeness (QED) is 0.712. The van der Waals surface area contributed by atoms with Crippen LogP contribution in [0.25, 0.3) is 10.6 Å². The molecule has 3 amide bonds. The molecule has 9 nitrogen and oxygen atoms in total. The van der Waals surface area contributed by atoms with Crippen LogP contribution >= 0.6 is 11.3 Å². The Kier molecular flexibility index (Phi) is 5.35. The van der Waals surface area contributed by atoms with Crippen LogP contribution in [0.1, 0.15) is 38.7 Å². The lowest BCUT2D eigenvalue weighted by Crippen LogP contribution is -2.45. The lowest BCUT2D eigenvalue weighted by atomic mass is 9.95. The van der Waals surface area contributed by atoms with Crippen LogP contribution in [-0.4, -0.2) is 55.6 Å². The number of β-amino-alcohol motifs (C(OH)–C–C–N with tert-alkyl or cyclic N) is 1. The Hall–Kier alpha value is -2.59. The predicted octanol–water partition coefficient (Wildman–Crippen LogP) is 1.66. The average Bonchev–Trinajstić information content (AvgIpc) is 3.17. The number of aliphatic hydroxyl groups is 1. The van der Waals surface area contributed by atoms with E-state index in [4.69, 9.17) is 5.73 Å². The SMILES string of the molecule is Cc1nc(NC(=O)N2C[C@H](O)C[C@H]2C(N)=O)sc1-c1ccnc(C(C)(C)C)n1. The molecule has 0 spiro atoms. The van der Waals surface area contributed by atoms with Gasteiger partial charge in [-0.25, -0.2) is 19.7 Å². The van der Waals surface area contributed by atoms with E-state index in [1.807, 2.05) is 27.7 Å². The molecule has 4 N–H and O–H groups in total. The van der Waals surface area contributed by atoms with Crippen LogP contribution in [0, 0.1) is 6.92 Å². The van der Waals surface area contributed by atoms with Crippen molar-refractivity contribution in [3.63, 3.8) is 0 Å². The second-order valence-electron chi connectivity index (χ2n) is 7.84. The molecule has 0 saturated carbocycles. The van der Waals surface area contributed by atoms with Crippen molar-refractivity contribution in [3.05, 3.63) is 23.8 Å². The van der Waals surface area contributed by atoms with Crippen molar-refractivity contribution in [2.45, 2.75) is 51.7 Å². The first kappa shape index (κ1) is 20.2. The van der Waals surface area contributed by atoms with E-state index >= 15 is 0 Å². The highest BCUT2D eigenvalue weighted by atomic mass is 32.1. The number of hydrogen-bond acceptors (Lipinski definition) is 7. The highest BCUT2D eigenvalue weighted by Gasteiger charge is 2.38. The molecule has 1 fully saturated rings. The largest absolute Gasteiger partial charge is 0.391 e. The van der Waals surface area contributed by atoms with Crippen LogP contribution in [0.2, 0.25) is 0 Å². The van der Waals surface area contributed by atoms with Gasteiger partial charge < -0.3 is 15.7 Å². The normalized spacial score (nSPS) is 19.7. The van der Waals surface area contributed by atoms with Crippen molar-refractivity contribution in [1.82, 2.24) is 19.9 Å². The number of urea groups is 1.